The van der Waals surface area contributed by atoms with E-state index in [0.717, 1.165) is 38.5 Å². The number of rotatable bonds is 12. The number of carbonyl (C=O) groups is 2. The third-order valence-electron chi connectivity index (χ3n) is 4.61. The molecule has 0 heterocycles. The maximum Gasteiger partial charge on any atom is 0.307 e. The van der Waals surface area contributed by atoms with Gasteiger partial charge in [0, 0.05) is 6.42 Å². The molecule has 0 rings (SSSR count). The predicted octanol–water partition coefficient (Wildman–Crippen LogP) is 4.33. The topological polar surface area (TPSA) is 74.6 Å². The Kier molecular flexibility index (Phi) is 9.26. The molecule has 0 aliphatic heterocycles. The highest BCUT2D eigenvalue weighted by Gasteiger charge is 2.39. The van der Waals surface area contributed by atoms with E-state index in [2.05, 4.69) is 20.8 Å². The molecule has 4 nitrogen and oxygen atoms in total. The van der Waals surface area contributed by atoms with Crippen molar-refractivity contribution in [3.63, 3.8) is 0 Å². The average Bonchev–Trinajstić information content (AvgIpc) is 2.40. The van der Waals surface area contributed by atoms with Crippen LogP contribution in [0.2, 0.25) is 0 Å². The molecule has 0 aromatic carbocycles. The maximum absolute atomic E-state index is 11.6. The molecule has 0 saturated heterocycles. The van der Waals surface area contributed by atoms with Crippen molar-refractivity contribution >= 4 is 11.9 Å². The second-order valence-corrected chi connectivity index (χ2v) is 5.70. The molecule has 118 valence electrons. The Hall–Kier alpha value is -1.06. The summed E-state index contributed by atoms with van der Waals surface area (Å²) >= 11 is 0. The summed E-state index contributed by atoms with van der Waals surface area (Å²) in [7, 11) is 0. The molecule has 0 aromatic heterocycles. The van der Waals surface area contributed by atoms with Gasteiger partial charge in [-0.2, -0.15) is 0 Å². The second-order valence-electron chi connectivity index (χ2n) is 5.70. The smallest absolute Gasteiger partial charge is 0.307 e. The van der Waals surface area contributed by atoms with Gasteiger partial charge in [-0.25, -0.2) is 0 Å². The van der Waals surface area contributed by atoms with Crippen LogP contribution in [0.1, 0.15) is 78.6 Å². The number of unbranched alkanes of at least 4 members (excludes halogenated alkanes) is 2. The van der Waals surface area contributed by atoms with Crippen LogP contribution in [0.5, 0.6) is 0 Å². The molecule has 4 heteroatoms. The van der Waals surface area contributed by atoms with Crippen LogP contribution in [-0.4, -0.2) is 22.2 Å². The SMILES string of the molecule is CCCCCC(CC)(CC)C(CCCC(=O)O)C(=O)O. The summed E-state index contributed by atoms with van der Waals surface area (Å²) in [5.74, 6) is -2.04. The highest BCUT2D eigenvalue weighted by atomic mass is 16.4. The molecule has 0 aliphatic rings. The van der Waals surface area contributed by atoms with Crippen molar-refractivity contribution in [2.24, 2.45) is 11.3 Å². The Morgan fingerprint density at radius 2 is 1.60 bits per heavy atom. The number of carboxylic acids is 2. The predicted molar refractivity (Wildman–Crippen MR) is 79.8 cm³/mol. The van der Waals surface area contributed by atoms with Crippen LogP contribution in [0, 0.1) is 11.3 Å². The van der Waals surface area contributed by atoms with Crippen LogP contribution in [0.3, 0.4) is 0 Å². The largest absolute Gasteiger partial charge is 0.481 e. The van der Waals surface area contributed by atoms with E-state index in [0.29, 0.717) is 12.8 Å². The zero-order valence-electron chi connectivity index (χ0n) is 13.2. The molecular formula is C16H30O4. The van der Waals surface area contributed by atoms with Gasteiger partial charge in [0.05, 0.1) is 5.92 Å². The van der Waals surface area contributed by atoms with Crippen molar-refractivity contribution in [3.8, 4) is 0 Å². The molecule has 20 heavy (non-hydrogen) atoms. The molecule has 0 saturated carbocycles. The van der Waals surface area contributed by atoms with Gasteiger partial charge in [0.25, 0.3) is 0 Å². The minimum Gasteiger partial charge on any atom is -0.481 e. The van der Waals surface area contributed by atoms with Gasteiger partial charge in [0.1, 0.15) is 0 Å². The fourth-order valence-corrected chi connectivity index (χ4v) is 3.15. The molecule has 0 amide bonds. The second kappa shape index (κ2) is 9.78. The number of aliphatic carboxylic acids is 2. The van der Waals surface area contributed by atoms with Gasteiger partial charge in [0.15, 0.2) is 0 Å². The third-order valence-corrected chi connectivity index (χ3v) is 4.61. The van der Waals surface area contributed by atoms with Crippen LogP contribution in [0.25, 0.3) is 0 Å². The number of hydrogen-bond acceptors (Lipinski definition) is 2. The Morgan fingerprint density at radius 3 is 2.00 bits per heavy atom. The summed E-state index contributed by atoms with van der Waals surface area (Å²) in [6.45, 7) is 6.26. The van der Waals surface area contributed by atoms with Crippen LogP contribution in [-0.2, 0) is 9.59 Å². The van der Waals surface area contributed by atoms with Crippen molar-refractivity contribution in [1.82, 2.24) is 0 Å². The van der Waals surface area contributed by atoms with E-state index in [1.54, 1.807) is 0 Å². The fraction of sp³-hybridized carbons (Fsp3) is 0.875. The number of carboxylic acid groups (broad SMARTS) is 2. The van der Waals surface area contributed by atoms with E-state index >= 15 is 0 Å². The van der Waals surface area contributed by atoms with Crippen LogP contribution in [0.4, 0.5) is 0 Å². The standard InChI is InChI=1S/C16H30O4/c1-4-7-8-12-16(5-2,6-3)13(15(19)20)10-9-11-14(17)18/h13H,4-12H2,1-3H3,(H,17,18)(H,19,20). The molecule has 0 radical (unpaired) electrons. The molecule has 1 atom stereocenters. The van der Waals surface area contributed by atoms with Crippen LogP contribution in [0.15, 0.2) is 0 Å². The van der Waals surface area contributed by atoms with Gasteiger partial charge >= 0.3 is 11.9 Å². The van der Waals surface area contributed by atoms with Gasteiger partial charge in [-0.15, -0.1) is 0 Å². The Morgan fingerprint density at radius 1 is 1.00 bits per heavy atom. The van der Waals surface area contributed by atoms with E-state index in [1.165, 1.54) is 0 Å². The molecule has 0 bridgehead atoms. The number of hydrogen-bond donors (Lipinski definition) is 2. The normalized spacial score (nSPS) is 13.2. The van der Waals surface area contributed by atoms with E-state index in [1.807, 2.05) is 0 Å². The Balaban J connectivity index is 4.83. The van der Waals surface area contributed by atoms with E-state index in [-0.39, 0.29) is 11.8 Å². The van der Waals surface area contributed by atoms with E-state index < -0.39 is 17.9 Å². The zero-order valence-corrected chi connectivity index (χ0v) is 13.2. The summed E-state index contributed by atoms with van der Waals surface area (Å²) in [6.07, 6.45) is 6.90. The van der Waals surface area contributed by atoms with Crippen LogP contribution >= 0.6 is 0 Å². The molecule has 0 aliphatic carbocycles. The average molecular weight is 286 g/mol. The lowest BCUT2D eigenvalue weighted by Crippen LogP contribution is -2.35. The molecule has 1 unspecified atom stereocenters. The summed E-state index contributed by atoms with van der Waals surface area (Å²) in [5, 5.41) is 18.3. The van der Waals surface area contributed by atoms with Gasteiger partial charge < -0.3 is 10.2 Å². The van der Waals surface area contributed by atoms with Crippen LogP contribution < -0.4 is 0 Å². The lowest BCUT2D eigenvalue weighted by Gasteiger charge is -2.38. The molecule has 2 N–H and O–H groups in total. The minimum atomic E-state index is -0.848. The van der Waals surface area contributed by atoms with Gasteiger partial charge in [-0.3, -0.25) is 9.59 Å². The lowest BCUT2D eigenvalue weighted by atomic mass is 9.66. The Labute approximate surface area is 122 Å². The van der Waals surface area contributed by atoms with Crippen molar-refractivity contribution in [2.75, 3.05) is 0 Å². The van der Waals surface area contributed by atoms with Gasteiger partial charge in [0.2, 0.25) is 0 Å². The highest BCUT2D eigenvalue weighted by molar-refractivity contribution is 5.71. The molecule has 0 aromatic rings. The lowest BCUT2D eigenvalue weighted by molar-refractivity contribution is -0.148. The summed E-state index contributed by atoms with van der Waals surface area (Å²) < 4.78 is 0. The van der Waals surface area contributed by atoms with E-state index in [4.69, 9.17) is 5.11 Å². The van der Waals surface area contributed by atoms with Gasteiger partial charge in [-0.05, 0) is 37.5 Å². The Bertz CT molecular complexity index is 295. The third kappa shape index (κ3) is 5.93. The highest BCUT2D eigenvalue weighted by Crippen LogP contribution is 2.43. The quantitative estimate of drug-likeness (QED) is 0.524. The van der Waals surface area contributed by atoms with Crippen molar-refractivity contribution in [3.05, 3.63) is 0 Å². The first-order valence-corrected chi connectivity index (χ1v) is 7.88. The maximum atomic E-state index is 11.6. The van der Waals surface area contributed by atoms with Gasteiger partial charge in [-0.1, -0.05) is 40.0 Å². The molecule has 0 fully saturated rings. The fourth-order valence-electron chi connectivity index (χ4n) is 3.15. The first-order valence-electron chi connectivity index (χ1n) is 7.88. The monoisotopic (exact) mass is 286 g/mol. The zero-order chi connectivity index (χ0) is 15.6. The minimum absolute atomic E-state index is 0.0578. The van der Waals surface area contributed by atoms with E-state index in [9.17, 15) is 14.7 Å². The van der Waals surface area contributed by atoms with Crippen molar-refractivity contribution in [2.45, 2.75) is 78.6 Å². The molecule has 0 spiro atoms. The van der Waals surface area contributed by atoms with Crippen molar-refractivity contribution < 1.29 is 19.8 Å². The molecular weight excluding hydrogens is 256 g/mol. The first kappa shape index (κ1) is 18.9. The first-order chi connectivity index (χ1) is 9.43. The summed E-state index contributed by atoms with van der Waals surface area (Å²) in [4.78, 5) is 22.2. The van der Waals surface area contributed by atoms with Crippen molar-refractivity contribution in [1.29, 1.82) is 0 Å². The summed E-state index contributed by atoms with van der Waals surface area (Å²) in [5.41, 5.74) is -0.181. The summed E-state index contributed by atoms with van der Waals surface area (Å²) in [6, 6.07) is 0.